The Balaban J connectivity index is 2.42. The van der Waals surface area contributed by atoms with Gasteiger partial charge in [0.15, 0.2) is 0 Å². The fourth-order valence-corrected chi connectivity index (χ4v) is 3.51. The van der Waals surface area contributed by atoms with E-state index < -0.39 is 5.97 Å². The Kier molecular flexibility index (Phi) is 5.58. The van der Waals surface area contributed by atoms with Crippen molar-refractivity contribution in [3.05, 3.63) is 45.3 Å². The molecule has 2 N–H and O–H groups in total. The first kappa shape index (κ1) is 18.7. The van der Waals surface area contributed by atoms with Crippen molar-refractivity contribution < 1.29 is 19.1 Å². The molecule has 6 nitrogen and oxygen atoms in total. The van der Waals surface area contributed by atoms with E-state index >= 15 is 0 Å². The number of aryl methyl sites for hydroxylation is 2. The summed E-state index contributed by atoms with van der Waals surface area (Å²) in [5.74, 6) is -1.26. The van der Waals surface area contributed by atoms with E-state index in [4.69, 9.17) is 4.74 Å². The fourth-order valence-electron chi connectivity index (χ4n) is 2.38. The van der Waals surface area contributed by atoms with E-state index in [9.17, 15) is 14.4 Å². The van der Waals surface area contributed by atoms with Crippen LogP contribution in [0.1, 0.15) is 43.6 Å². The van der Waals surface area contributed by atoms with Gasteiger partial charge in [-0.3, -0.25) is 9.59 Å². The van der Waals surface area contributed by atoms with Gasteiger partial charge in [0.1, 0.15) is 5.00 Å². The van der Waals surface area contributed by atoms with Gasteiger partial charge in [-0.05, 0) is 43.5 Å². The zero-order chi connectivity index (χ0) is 18.7. The predicted molar refractivity (Wildman–Crippen MR) is 98.6 cm³/mol. The second-order valence-electron chi connectivity index (χ2n) is 5.71. The number of hydrogen-bond acceptors (Lipinski definition) is 5. The highest BCUT2D eigenvalue weighted by Gasteiger charge is 2.26. The quantitative estimate of drug-likeness (QED) is 0.815. The van der Waals surface area contributed by atoms with Gasteiger partial charge in [0, 0.05) is 12.6 Å². The van der Waals surface area contributed by atoms with Gasteiger partial charge >= 0.3 is 5.97 Å². The van der Waals surface area contributed by atoms with Crippen LogP contribution in [0.2, 0.25) is 0 Å². The number of benzene rings is 1. The van der Waals surface area contributed by atoms with Crippen LogP contribution in [0, 0.1) is 20.8 Å². The number of ether oxygens (including phenoxy) is 1. The van der Waals surface area contributed by atoms with E-state index in [2.05, 4.69) is 10.6 Å². The highest BCUT2D eigenvalue weighted by atomic mass is 32.1. The van der Waals surface area contributed by atoms with Gasteiger partial charge in [0.05, 0.1) is 17.6 Å². The molecule has 132 valence electrons. The van der Waals surface area contributed by atoms with Gasteiger partial charge in [0.2, 0.25) is 5.91 Å². The van der Waals surface area contributed by atoms with Gasteiger partial charge in [-0.15, -0.1) is 11.3 Å². The summed E-state index contributed by atoms with van der Waals surface area (Å²) >= 11 is 1.05. The fraction of sp³-hybridized carbons (Fsp3) is 0.278. The summed E-state index contributed by atoms with van der Waals surface area (Å²) in [4.78, 5) is 36.5. The van der Waals surface area contributed by atoms with Crippen molar-refractivity contribution in [3.8, 4) is 0 Å². The maximum atomic E-state index is 12.7. The molecule has 0 radical (unpaired) electrons. The van der Waals surface area contributed by atoms with Gasteiger partial charge < -0.3 is 15.4 Å². The summed E-state index contributed by atoms with van der Waals surface area (Å²) in [5.41, 5.74) is 3.34. The van der Waals surface area contributed by atoms with E-state index in [0.717, 1.165) is 22.5 Å². The third kappa shape index (κ3) is 4.06. The molecule has 1 heterocycles. The Morgan fingerprint density at radius 2 is 1.76 bits per heavy atom. The molecule has 0 aliphatic rings. The van der Waals surface area contributed by atoms with Crippen molar-refractivity contribution in [2.24, 2.45) is 0 Å². The minimum Gasteiger partial charge on any atom is -0.465 e. The normalized spacial score (nSPS) is 10.3. The van der Waals surface area contributed by atoms with Gasteiger partial charge in [-0.2, -0.15) is 0 Å². The molecule has 0 bridgehead atoms. The maximum Gasteiger partial charge on any atom is 0.341 e. The molecular weight excluding hydrogens is 340 g/mol. The largest absolute Gasteiger partial charge is 0.465 e. The Morgan fingerprint density at radius 1 is 1.08 bits per heavy atom. The first-order valence-corrected chi connectivity index (χ1v) is 8.44. The summed E-state index contributed by atoms with van der Waals surface area (Å²) in [6, 6.07) is 5.77. The topological polar surface area (TPSA) is 84.5 Å². The summed E-state index contributed by atoms with van der Waals surface area (Å²) in [7, 11) is 1.26. The number of rotatable bonds is 4. The molecule has 0 unspecified atom stereocenters. The van der Waals surface area contributed by atoms with Gasteiger partial charge in [-0.25, -0.2) is 4.79 Å². The molecule has 0 saturated carbocycles. The number of carbonyl (C=O) groups is 3. The van der Waals surface area contributed by atoms with Gasteiger partial charge in [0.25, 0.3) is 5.91 Å². The zero-order valence-electron chi connectivity index (χ0n) is 14.8. The molecule has 0 fully saturated rings. The van der Waals surface area contributed by atoms with E-state index in [1.807, 2.05) is 32.0 Å². The molecular formula is C18H20N2O4S. The molecule has 7 heteroatoms. The Hall–Kier alpha value is -2.67. The minimum atomic E-state index is -0.594. The summed E-state index contributed by atoms with van der Waals surface area (Å²) in [5, 5.41) is 5.76. The van der Waals surface area contributed by atoms with Crippen LogP contribution in [0.15, 0.2) is 18.2 Å². The molecule has 1 aromatic carbocycles. The Labute approximate surface area is 150 Å². The number of methoxy groups -OCH3 is 1. The third-order valence-corrected chi connectivity index (χ3v) is 4.88. The molecule has 2 rings (SSSR count). The van der Waals surface area contributed by atoms with Crippen LogP contribution < -0.4 is 10.6 Å². The Morgan fingerprint density at radius 3 is 2.36 bits per heavy atom. The molecule has 25 heavy (non-hydrogen) atoms. The molecule has 0 spiro atoms. The molecule has 0 atom stereocenters. The van der Waals surface area contributed by atoms with E-state index in [1.54, 1.807) is 6.92 Å². The average molecular weight is 360 g/mol. The van der Waals surface area contributed by atoms with Crippen LogP contribution in [-0.4, -0.2) is 24.9 Å². The van der Waals surface area contributed by atoms with Crippen LogP contribution in [0.5, 0.6) is 0 Å². The summed E-state index contributed by atoms with van der Waals surface area (Å²) in [6.07, 6.45) is 0. The van der Waals surface area contributed by atoms with E-state index in [-0.39, 0.29) is 17.4 Å². The molecule has 0 aliphatic carbocycles. The number of anilines is 2. The number of esters is 1. The van der Waals surface area contributed by atoms with Crippen LogP contribution >= 0.6 is 11.3 Å². The smallest absolute Gasteiger partial charge is 0.341 e. The highest BCUT2D eigenvalue weighted by Crippen LogP contribution is 2.34. The number of nitrogens with one attached hydrogen (secondary N) is 2. The third-order valence-electron chi connectivity index (χ3n) is 3.67. The van der Waals surface area contributed by atoms with Crippen molar-refractivity contribution in [2.45, 2.75) is 27.7 Å². The Bertz CT molecular complexity index is 855. The molecule has 0 saturated heterocycles. The first-order chi connectivity index (χ1) is 11.7. The maximum absolute atomic E-state index is 12.7. The van der Waals surface area contributed by atoms with E-state index in [1.165, 1.54) is 14.0 Å². The lowest BCUT2D eigenvalue weighted by Crippen LogP contribution is -2.13. The molecule has 1 aromatic heterocycles. The average Bonchev–Trinajstić information content (AvgIpc) is 2.86. The lowest BCUT2D eigenvalue weighted by atomic mass is 10.1. The standard InChI is InChI=1S/C18H20N2O4S/c1-9-6-7-10(2)13(8-9)20-16(22)15-11(3)14(18(23)24-5)17(25-15)19-12(4)21/h6-8H,1-5H3,(H,19,21)(H,20,22). The van der Waals surface area contributed by atoms with Crippen LogP contribution in [0.4, 0.5) is 10.7 Å². The zero-order valence-corrected chi connectivity index (χ0v) is 15.6. The van der Waals surface area contributed by atoms with E-state index in [0.29, 0.717) is 21.1 Å². The van der Waals surface area contributed by atoms with Crippen molar-refractivity contribution in [1.82, 2.24) is 0 Å². The predicted octanol–water partition coefficient (Wildman–Crippen LogP) is 3.67. The summed E-state index contributed by atoms with van der Waals surface area (Å²) < 4.78 is 4.77. The molecule has 0 aliphatic heterocycles. The number of carbonyl (C=O) groups excluding carboxylic acids is 3. The van der Waals surface area contributed by atoms with Crippen molar-refractivity contribution >= 4 is 39.8 Å². The summed E-state index contributed by atoms with van der Waals surface area (Å²) in [6.45, 7) is 6.84. The van der Waals surface area contributed by atoms with Crippen molar-refractivity contribution in [2.75, 3.05) is 17.7 Å². The lowest BCUT2D eigenvalue weighted by Gasteiger charge is -2.09. The molecule has 2 aromatic rings. The van der Waals surface area contributed by atoms with Crippen LogP contribution in [-0.2, 0) is 9.53 Å². The monoisotopic (exact) mass is 360 g/mol. The minimum absolute atomic E-state index is 0.203. The highest BCUT2D eigenvalue weighted by molar-refractivity contribution is 7.18. The van der Waals surface area contributed by atoms with Crippen molar-refractivity contribution in [3.63, 3.8) is 0 Å². The molecule has 2 amide bonds. The lowest BCUT2D eigenvalue weighted by molar-refractivity contribution is -0.114. The second-order valence-corrected chi connectivity index (χ2v) is 6.73. The van der Waals surface area contributed by atoms with Crippen molar-refractivity contribution in [1.29, 1.82) is 0 Å². The number of amides is 2. The van der Waals surface area contributed by atoms with Gasteiger partial charge in [-0.1, -0.05) is 12.1 Å². The second kappa shape index (κ2) is 7.48. The number of thiophene rings is 1. The van der Waals surface area contributed by atoms with Crippen LogP contribution in [0.3, 0.4) is 0 Å². The van der Waals surface area contributed by atoms with Crippen LogP contribution in [0.25, 0.3) is 0 Å². The number of hydrogen-bond donors (Lipinski definition) is 2. The first-order valence-electron chi connectivity index (χ1n) is 7.62. The SMILES string of the molecule is COC(=O)c1c(NC(C)=O)sc(C(=O)Nc2cc(C)ccc2C)c1C.